The third-order valence-electron chi connectivity index (χ3n) is 3.52. The number of amides is 1. The maximum absolute atomic E-state index is 12.2. The van der Waals surface area contributed by atoms with Gasteiger partial charge in [-0.3, -0.25) is 14.9 Å². The van der Waals surface area contributed by atoms with Crippen LogP contribution in [-0.4, -0.2) is 41.4 Å². The first-order chi connectivity index (χ1) is 9.99. The lowest BCUT2D eigenvalue weighted by Crippen LogP contribution is -2.41. The Bertz CT molecular complexity index is 544. The fraction of sp³-hybridized carbons (Fsp3) is 0.500. The average Bonchev–Trinajstić information content (AvgIpc) is 2.90. The number of para-hydroxylation sites is 1. The van der Waals surface area contributed by atoms with Crippen LogP contribution in [0.25, 0.3) is 0 Å². The summed E-state index contributed by atoms with van der Waals surface area (Å²) in [6, 6.07) is 4.29. The molecule has 1 unspecified atom stereocenters. The van der Waals surface area contributed by atoms with Crippen LogP contribution >= 0.6 is 11.6 Å². The summed E-state index contributed by atoms with van der Waals surface area (Å²) in [6.45, 7) is 4.72. The number of carbonyl (C=O) groups is 1. The van der Waals surface area contributed by atoms with Gasteiger partial charge in [-0.15, -0.1) is 0 Å². The lowest BCUT2D eigenvalue weighted by atomic mass is 10.1. The molecule has 0 bridgehead atoms. The highest BCUT2D eigenvalue weighted by Crippen LogP contribution is 2.28. The summed E-state index contributed by atoms with van der Waals surface area (Å²) in [6.07, 6.45) is 2.36. The van der Waals surface area contributed by atoms with Crippen molar-refractivity contribution in [3.8, 4) is 0 Å². The second-order valence-electron chi connectivity index (χ2n) is 5.28. The van der Waals surface area contributed by atoms with Crippen LogP contribution in [0.3, 0.4) is 0 Å². The van der Waals surface area contributed by atoms with Gasteiger partial charge in [0.05, 0.1) is 4.92 Å². The molecule has 0 saturated carbocycles. The van der Waals surface area contributed by atoms with Crippen LogP contribution in [0.2, 0.25) is 5.02 Å². The summed E-state index contributed by atoms with van der Waals surface area (Å²) >= 11 is 5.81. The van der Waals surface area contributed by atoms with Crippen molar-refractivity contribution >= 4 is 23.2 Å². The van der Waals surface area contributed by atoms with E-state index in [2.05, 4.69) is 10.2 Å². The van der Waals surface area contributed by atoms with Gasteiger partial charge in [0.2, 0.25) is 0 Å². The predicted molar refractivity (Wildman–Crippen MR) is 80.7 cm³/mol. The summed E-state index contributed by atoms with van der Waals surface area (Å²) < 4.78 is 0. The molecule has 1 fully saturated rings. The number of nitrogens with one attached hydrogen (secondary N) is 1. The molecular weight excluding hydrogens is 294 g/mol. The van der Waals surface area contributed by atoms with E-state index in [1.54, 1.807) is 0 Å². The maximum Gasteiger partial charge on any atom is 0.300 e. The van der Waals surface area contributed by atoms with Crippen LogP contribution in [0.4, 0.5) is 5.69 Å². The fourth-order valence-electron chi connectivity index (χ4n) is 2.58. The number of nitrogens with zero attached hydrogens (tertiary/aromatic N) is 2. The zero-order valence-electron chi connectivity index (χ0n) is 11.8. The van der Waals surface area contributed by atoms with Crippen molar-refractivity contribution in [3.05, 3.63) is 38.9 Å². The van der Waals surface area contributed by atoms with E-state index in [9.17, 15) is 14.9 Å². The van der Waals surface area contributed by atoms with Gasteiger partial charge in [-0.25, -0.2) is 0 Å². The number of halogens is 1. The van der Waals surface area contributed by atoms with Gasteiger partial charge < -0.3 is 10.2 Å². The highest BCUT2D eigenvalue weighted by atomic mass is 35.5. The van der Waals surface area contributed by atoms with Gasteiger partial charge in [0.15, 0.2) is 0 Å². The summed E-state index contributed by atoms with van der Waals surface area (Å²) in [7, 11) is 0. The quantitative estimate of drug-likeness (QED) is 0.669. The summed E-state index contributed by atoms with van der Waals surface area (Å²) in [4.78, 5) is 24.9. The molecule has 6 nitrogen and oxygen atoms in total. The molecule has 2 rings (SSSR count). The summed E-state index contributed by atoms with van der Waals surface area (Å²) in [5, 5.41) is 13.8. The molecule has 0 aliphatic carbocycles. The standard InChI is InChI=1S/C14H18ClN3O3/c1-10(9-17-7-2-3-8-17)16-14(19)11-5-4-6-12(15)13(11)18(20)21/h4-6,10H,2-3,7-9H2,1H3,(H,16,19). The normalized spacial score (nSPS) is 16.7. The van der Waals surface area contributed by atoms with Crippen LogP contribution in [0.5, 0.6) is 0 Å². The van der Waals surface area contributed by atoms with Gasteiger partial charge in [0.1, 0.15) is 10.6 Å². The van der Waals surface area contributed by atoms with E-state index in [-0.39, 0.29) is 22.3 Å². The molecule has 114 valence electrons. The third kappa shape index (κ3) is 3.92. The Morgan fingerprint density at radius 1 is 1.48 bits per heavy atom. The van der Waals surface area contributed by atoms with Crippen molar-refractivity contribution in [2.24, 2.45) is 0 Å². The molecule has 0 spiro atoms. The minimum absolute atomic E-state index is 0.000715. The van der Waals surface area contributed by atoms with Crippen LogP contribution in [0.1, 0.15) is 30.1 Å². The van der Waals surface area contributed by atoms with Crippen molar-refractivity contribution in [1.82, 2.24) is 10.2 Å². The molecule has 1 N–H and O–H groups in total. The highest BCUT2D eigenvalue weighted by molar-refractivity contribution is 6.33. The topological polar surface area (TPSA) is 75.5 Å². The molecule has 1 atom stereocenters. The smallest absolute Gasteiger partial charge is 0.300 e. The Kier molecular flexibility index (Phi) is 5.14. The Balaban J connectivity index is 2.06. The average molecular weight is 312 g/mol. The molecule has 0 radical (unpaired) electrons. The van der Waals surface area contributed by atoms with Crippen LogP contribution in [-0.2, 0) is 0 Å². The predicted octanol–water partition coefficient (Wildman–Crippen LogP) is 2.46. The number of hydrogen-bond acceptors (Lipinski definition) is 4. The number of carbonyl (C=O) groups excluding carboxylic acids is 1. The van der Waals surface area contributed by atoms with Crippen molar-refractivity contribution in [1.29, 1.82) is 0 Å². The van der Waals surface area contributed by atoms with Crippen LogP contribution in [0.15, 0.2) is 18.2 Å². The summed E-state index contributed by atoms with van der Waals surface area (Å²) in [5.41, 5.74) is -0.342. The van der Waals surface area contributed by atoms with E-state index in [1.165, 1.54) is 31.0 Å². The monoisotopic (exact) mass is 311 g/mol. The van der Waals surface area contributed by atoms with Gasteiger partial charge in [-0.1, -0.05) is 17.7 Å². The number of hydrogen-bond donors (Lipinski definition) is 1. The molecule has 21 heavy (non-hydrogen) atoms. The second-order valence-corrected chi connectivity index (χ2v) is 5.68. The number of benzene rings is 1. The minimum Gasteiger partial charge on any atom is -0.348 e. The molecule has 1 aliphatic heterocycles. The van der Waals surface area contributed by atoms with Crippen molar-refractivity contribution in [2.75, 3.05) is 19.6 Å². The first-order valence-corrected chi connectivity index (χ1v) is 7.33. The van der Waals surface area contributed by atoms with Gasteiger partial charge in [-0.2, -0.15) is 0 Å². The minimum atomic E-state index is -0.623. The van der Waals surface area contributed by atoms with E-state index in [0.717, 1.165) is 19.6 Å². The molecule has 1 amide bonds. The SMILES string of the molecule is CC(CN1CCCC1)NC(=O)c1cccc(Cl)c1[N+](=O)[O-]. The highest BCUT2D eigenvalue weighted by Gasteiger charge is 2.25. The zero-order chi connectivity index (χ0) is 15.4. The van der Waals surface area contributed by atoms with Crippen molar-refractivity contribution in [3.63, 3.8) is 0 Å². The van der Waals surface area contributed by atoms with E-state index in [0.29, 0.717) is 0 Å². The van der Waals surface area contributed by atoms with Gasteiger partial charge in [0.25, 0.3) is 5.91 Å². The molecule has 1 aromatic carbocycles. The molecular formula is C14H18ClN3O3. The van der Waals surface area contributed by atoms with E-state index in [1.807, 2.05) is 6.92 Å². The molecule has 1 heterocycles. The Labute approximate surface area is 128 Å². The number of rotatable bonds is 5. The Hall–Kier alpha value is -1.66. The van der Waals surface area contributed by atoms with E-state index >= 15 is 0 Å². The van der Waals surface area contributed by atoms with E-state index < -0.39 is 10.8 Å². The lowest BCUT2D eigenvalue weighted by molar-refractivity contribution is -0.385. The molecule has 1 aliphatic rings. The number of nitro groups is 1. The van der Waals surface area contributed by atoms with Gasteiger partial charge in [-0.05, 0) is 45.0 Å². The second kappa shape index (κ2) is 6.87. The third-order valence-corrected chi connectivity index (χ3v) is 3.83. The number of nitro benzene ring substituents is 1. The lowest BCUT2D eigenvalue weighted by Gasteiger charge is -2.21. The fourth-order valence-corrected chi connectivity index (χ4v) is 2.83. The largest absolute Gasteiger partial charge is 0.348 e. The van der Waals surface area contributed by atoms with E-state index in [4.69, 9.17) is 11.6 Å². The molecule has 0 aromatic heterocycles. The maximum atomic E-state index is 12.2. The summed E-state index contributed by atoms with van der Waals surface area (Å²) in [5.74, 6) is -0.462. The van der Waals surface area contributed by atoms with Crippen LogP contribution < -0.4 is 5.32 Å². The first kappa shape index (κ1) is 15.7. The number of likely N-dealkylation sites (tertiary alicyclic amines) is 1. The van der Waals surface area contributed by atoms with Crippen molar-refractivity contribution < 1.29 is 9.72 Å². The Morgan fingerprint density at radius 2 is 2.14 bits per heavy atom. The van der Waals surface area contributed by atoms with Gasteiger partial charge in [0, 0.05) is 12.6 Å². The van der Waals surface area contributed by atoms with Crippen LogP contribution in [0, 0.1) is 10.1 Å². The van der Waals surface area contributed by atoms with Gasteiger partial charge >= 0.3 is 5.69 Å². The Morgan fingerprint density at radius 3 is 2.76 bits per heavy atom. The van der Waals surface area contributed by atoms with Crippen molar-refractivity contribution in [2.45, 2.75) is 25.8 Å². The molecule has 1 aromatic rings. The zero-order valence-corrected chi connectivity index (χ0v) is 12.6. The molecule has 7 heteroatoms. The molecule has 1 saturated heterocycles. The first-order valence-electron chi connectivity index (χ1n) is 6.95.